The van der Waals surface area contributed by atoms with Crippen molar-refractivity contribution in [3.8, 4) is 0 Å². The van der Waals surface area contributed by atoms with Gasteiger partial charge in [-0.3, -0.25) is 0 Å². The van der Waals surface area contributed by atoms with E-state index in [2.05, 4.69) is 10.3 Å². The van der Waals surface area contributed by atoms with E-state index >= 15 is 0 Å². The summed E-state index contributed by atoms with van der Waals surface area (Å²) in [6.07, 6.45) is 0.477. The number of H-pyrrole nitrogens is 1. The van der Waals surface area contributed by atoms with Gasteiger partial charge in [0.2, 0.25) is 0 Å². The molecule has 0 unspecified atom stereocenters. The van der Waals surface area contributed by atoms with E-state index < -0.39 is 17.5 Å². The predicted octanol–water partition coefficient (Wildman–Crippen LogP) is 5.40. The lowest BCUT2D eigenvalue weighted by atomic mass is 10.1. The van der Waals surface area contributed by atoms with Crippen molar-refractivity contribution < 1.29 is 19.1 Å². The molecule has 1 aromatic heterocycles. The number of hydrogen-bond donors (Lipinski definition) is 2. The summed E-state index contributed by atoms with van der Waals surface area (Å²) in [5, 5.41) is 3.76. The molecule has 0 aliphatic heterocycles. The van der Waals surface area contributed by atoms with E-state index in [1.54, 1.807) is 33.8 Å². The molecule has 2 aromatic rings. The molecule has 0 aliphatic rings. The van der Waals surface area contributed by atoms with Crippen molar-refractivity contribution in [2.24, 2.45) is 0 Å². The normalized spacial score (nSPS) is 10.8. The third kappa shape index (κ3) is 6.41. The Morgan fingerprint density at radius 2 is 1.79 bits per heavy atom. The van der Waals surface area contributed by atoms with Gasteiger partial charge in [0.05, 0.1) is 29.4 Å². The Hall–Kier alpha value is -2.18. The summed E-state index contributed by atoms with van der Waals surface area (Å²) in [6, 6.07) is 7.31. The number of ether oxygens (including phenoxy) is 2. The molecule has 8 heteroatoms. The van der Waals surface area contributed by atoms with E-state index in [1.165, 1.54) is 0 Å². The Balaban J connectivity index is 0.00000420. The highest BCUT2D eigenvalue weighted by Crippen LogP contribution is 2.26. The van der Waals surface area contributed by atoms with Gasteiger partial charge in [-0.2, -0.15) is 0 Å². The number of anilines is 1. The van der Waals surface area contributed by atoms with Gasteiger partial charge in [-0.25, -0.2) is 9.59 Å². The molecular formula is C21H28Cl2N2O4. The fourth-order valence-electron chi connectivity index (χ4n) is 2.82. The standard InChI is InChI=1S/C21H27ClN2O4.ClH/c1-6-13-17(19(25)27-7-2)16(12-23-15-11-9-8-10-14(15)22)24-18(13)20(26)28-21(3,4)5;/h8-11,23-24H,6-7,12H2,1-5H3;1H. The van der Waals surface area contributed by atoms with Crippen LogP contribution in [0.25, 0.3) is 0 Å². The Bertz CT molecular complexity index is 857. The summed E-state index contributed by atoms with van der Waals surface area (Å²) >= 11 is 6.19. The second kappa shape index (κ2) is 10.6. The smallest absolute Gasteiger partial charge is 0.355 e. The second-order valence-corrected chi connectivity index (χ2v) is 7.65. The molecule has 1 aromatic carbocycles. The molecule has 2 N–H and O–H groups in total. The van der Waals surface area contributed by atoms with E-state index in [-0.39, 0.29) is 31.3 Å². The van der Waals surface area contributed by atoms with Crippen molar-refractivity contribution in [1.82, 2.24) is 4.98 Å². The fraction of sp³-hybridized carbons (Fsp3) is 0.429. The van der Waals surface area contributed by atoms with Gasteiger partial charge in [0.25, 0.3) is 0 Å². The van der Waals surface area contributed by atoms with Gasteiger partial charge in [-0.1, -0.05) is 30.7 Å². The average molecular weight is 443 g/mol. The molecule has 0 amide bonds. The molecule has 160 valence electrons. The molecule has 0 fully saturated rings. The maximum atomic E-state index is 12.7. The number of aromatic nitrogens is 1. The fourth-order valence-corrected chi connectivity index (χ4v) is 3.03. The lowest BCUT2D eigenvalue weighted by Crippen LogP contribution is -2.24. The third-order valence-electron chi connectivity index (χ3n) is 3.95. The van der Waals surface area contributed by atoms with Gasteiger partial charge >= 0.3 is 11.9 Å². The summed E-state index contributed by atoms with van der Waals surface area (Å²) in [4.78, 5) is 28.3. The molecule has 0 atom stereocenters. The summed E-state index contributed by atoms with van der Waals surface area (Å²) < 4.78 is 10.7. The van der Waals surface area contributed by atoms with Crippen LogP contribution in [0.15, 0.2) is 24.3 Å². The minimum atomic E-state index is -0.646. The zero-order valence-corrected chi connectivity index (χ0v) is 18.9. The molecule has 1 heterocycles. The van der Waals surface area contributed by atoms with Crippen LogP contribution < -0.4 is 5.32 Å². The van der Waals surface area contributed by atoms with Crippen LogP contribution in [0.4, 0.5) is 5.69 Å². The van der Waals surface area contributed by atoms with Crippen LogP contribution in [0.3, 0.4) is 0 Å². The molecule has 29 heavy (non-hydrogen) atoms. The average Bonchev–Trinajstić information content (AvgIpc) is 2.98. The number of hydrogen-bond acceptors (Lipinski definition) is 5. The maximum absolute atomic E-state index is 12.7. The van der Waals surface area contributed by atoms with E-state index in [4.69, 9.17) is 21.1 Å². The summed E-state index contributed by atoms with van der Waals surface area (Å²) in [7, 11) is 0. The summed E-state index contributed by atoms with van der Waals surface area (Å²) in [6.45, 7) is 9.53. The minimum absolute atomic E-state index is 0. The zero-order chi connectivity index (χ0) is 20.9. The first-order valence-electron chi connectivity index (χ1n) is 9.30. The van der Waals surface area contributed by atoms with E-state index in [0.717, 1.165) is 5.69 Å². The molecule has 2 rings (SSSR count). The Morgan fingerprint density at radius 1 is 1.14 bits per heavy atom. The number of rotatable bonds is 7. The van der Waals surface area contributed by atoms with Crippen LogP contribution in [0.1, 0.15) is 66.7 Å². The first-order valence-corrected chi connectivity index (χ1v) is 9.68. The second-order valence-electron chi connectivity index (χ2n) is 7.24. The minimum Gasteiger partial charge on any atom is -0.462 e. The summed E-state index contributed by atoms with van der Waals surface area (Å²) in [5.41, 5.74) is 1.86. The van der Waals surface area contributed by atoms with Crippen LogP contribution >= 0.6 is 24.0 Å². The van der Waals surface area contributed by atoms with Gasteiger partial charge in [0, 0.05) is 5.69 Å². The van der Waals surface area contributed by atoms with Crippen molar-refractivity contribution in [1.29, 1.82) is 0 Å². The van der Waals surface area contributed by atoms with Crippen LogP contribution in [-0.4, -0.2) is 29.1 Å². The first-order chi connectivity index (χ1) is 13.2. The Labute approximate surface area is 182 Å². The van der Waals surface area contributed by atoms with Crippen molar-refractivity contribution in [2.75, 3.05) is 11.9 Å². The summed E-state index contributed by atoms with van der Waals surface area (Å²) in [5.74, 6) is -0.972. The van der Waals surface area contributed by atoms with Crippen molar-refractivity contribution in [3.63, 3.8) is 0 Å². The number of para-hydroxylation sites is 1. The molecule has 0 saturated heterocycles. The highest BCUT2D eigenvalue weighted by atomic mass is 35.5. The van der Waals surface area contributed by atoms with E-state index in [9.17, 15) is 9.59 Å². The molecule has 0 bridgehead atoms. The lowest BCUT2D eigenvalue weighted by molar-refractivity contribution is 0.00622. The molecule has 0 spiro atoms. The van der Waals surface area contributed by atoms with Gasteiger partial charge in [0.15, 0.2) is 0 Å². The largest absolute Gasteiger partial charge is 0.462 e. The Morgan fingerprint density at radius 3 is 2.34 bits per heavy atom. The molecule has 0 aliphatic carbocycles. The van der Waals surface area contributed by atoms with Crippen LogP contribution in [0.2, 0.25) is 5.02 Å². The quantitative estimate of drug-likeness (QED) is 0.561. The number of halogens is 2. The SMILES string of the molecule is CCOC(=O)c1c(CNc2ccccc2Cl)[nH]c(C(=O)OC(C)(C)C)c1CC.Cl. The molecule has 0 saturated carbocycles. The van der Waals surface area contributed by atoms with Gasteiger partial charge in [-0.05, 0) is 51.8 Å². The van der Waals surface area contributed by atoms with Crippen LogP contribution in [0, 0.1) is 0 Å². The third-order valence-corrected chi connectivity index (χ3v) is 4.28. The van der Waals surface area contributed by atoms with Gasteiger partial charge in [0.1, 0.15) is 11.3 Å². The lowest BCUT2D eigenvalue weighted by Gasteiger charge is -2.19. The molecule has 6 nitrogen and oxygen atoms in total. The van der Waals surface area contributed by atoms with E-state index in [1.807, 2.05) is 25.1 Å². The number of carbonyl (C=O) groups excluding carboxylic acids is 2. The first kappa shape index (κ1) is 24.9. The van der Waals surface area contributed by atoms with Crippen molar-refractivity contribution in [3.05, 3.63) is 51.8 Å². The monoisotopic (exact) mass is 442 g/mol. The van der Waals surface area contributed by atoms with Crippen molar-refractivity contribution >= 4 is 41.6 Å². The topological polar surface area (TPSA) is 80.4 Å². The zero-order valence-electron chi connectivity index (χ0n) is 17.3. The van der Waals surface area contributed by atoms with Crippen LogP contribution in [0.5, 0.6) is 0 Å². The van der Waals surface area contributed by atoms with Gasteiger partial charge < -0.3 is 19.8 Å². The molecular weight excluding hydrogens is 415 g/mol. The molecule has 0 radical (unpaired) electrons. The van der Waals surface area contributed by atoms with Crippen molar-refractivity contribution in [2.45, 2.75) is 53.2 Å². The number of esters is 2. The number of benzene rings is 1. The van der Waals surface area contributed by atoms with Gasteiger partial charge in [-0.15, -0.1) is 12.4 Å². The Kier molecular flexibility index (Phi) is 9.05. The maximum Gasteiger partial charge on any atom is 0.355 e. The highest BCUT2D eigenvalue weighted by molar-refractivity contribution is 6.33. The van der Waals surface area contributed by atoms with Crippen LogP contribution in [-0.2, 0) is 22.4 Å². The number of carbonyl (C=O) groups is 2. The highest BCUT2D eigenvalue weighted by Gasteiger charge is 2.29. The predicted molar refractivity (Wildman–Crippen MR) is 117 cm³/mol. The van der Waals surface area contributed by atoms with E-state index in [0.29, 0.717) is 28.3 Å². The number of aromatic amines is 1. The number of nitrogens with one attached hydrogen (secondary N) is 2.